The Kier molecular flexibility index (Phi) is 5.83. The highest BCUT2D eigenvalue weighted by Crippen LogP contribution is 2.13. The lowest BCUT2D eigenvalue weighted by Gasteiger charge is -2.26. The van der Waals surface area contributed by atoms with E-state index in [4.69, 9.17) is 16.3 Å². The van der Waals surface area contributed by atoms with Gasteiger partial charge in [0.1, 0.15) is 0 Å². The molecule has 1 fully saturated rings. The number of rotatable bonds is 6. The molecule has 0 bridgehead atoms. The largest absolute Gasteiger partial charge is 0.379 e. The zero-order valence-corrected chi connectivity index (χ0v) is 11.9. The zero-order valence-electron chi connectivity index (χ0n) is 11.1. The molecule has 0 amide bonds. The van der Waals surface area contributed by atoms with Crippen molar-refractivity contribution in [2.24, 2.45) is 0 Å². The predicted molar refractivity (Wildman–Crippen MR) is 76.6 cm³/mol. The van der Waals surface area contributed by atoms with E-state index in [1.54, 1.807) is 0 Å². The average Bonchev–Trinajstić information content (AvgIpc) is 2.41. The number of hydrogen-bond acceptors (Lipinski definition) is 3. The van der Waals surface area contributed by atoms with Crippen LogP contribution >= 0.6 is 11.6 Å². The van der Waals surface area contributed by atoms with E-state index < -0.39 is 0 Å². The smallest absolute Gasteiger partial charge is 0.226 e. The van der Waals surface area contributed by atoms with E-state index in [0.29, 0.717) is 6.42 Å². The van der Waals surface area contributed by atoms with Gasteiger partial charge in [-0.25, -0.2) is 0 Å². The Balaban J connectivity index is 1.83. The van der Waals surface area contributed by atoms with Crippen molar-refractivity contribution in [3.05, 3.63) is 35.4 Å². The van der Waals surface area contributed by atoms with Crippen LogP contribution in [-0.2, 0) is 22.4 Å². The molecular weight excluding hydrogens is 262 g/mol. The normalized spacial score (nSPS) is 16.5. The highest BCUT2D eigenvalue weighted by molar-refractivity contribution is 6.63. The molecule has 1 aromatic carbocycles. The Hall–Kier alpha value is -0.900. The summed E-state index contributed by atoms with van der Waals surface area (Å²) < 4.78 is 5.33. The van der Waals surface area contributed by atoms with Gasteiger partial charge in [-0.3, -0.25) is 9.69 Å². The molecule has 0 aromatic heterocycles. The molecule has 104 valence electrons. The first kappa shape index (κ1) is 14.5. The fraction of sp³-hybridized carbons (Fsp3) is 0.533. The number of carbonyl (C=O) groups is 1. The van der Waals surface area contributed by atoms with Crippen molar-refractivity contribution in [2.45, 2.75) is 19.3 Å². The molecule has 2 rings (SSSR count). The van der Waals surface area contributed by atoms with E-state index in [-0.39, 0.29) is 5.24 Å². The summed E-state index contributed by atoms with van der Waals surface area (Å²) >= 11 is 5.48. The number of morpholine rings is 1. The van der Waals surface area contributed by atoms with Gasteiger partial charge < -0.3 is 4.74 Å². The summed E-state index contributed by atoms with van der Waals surface area (Å²) in [5, 5.41) is -0.291. The van der Waals surface area contributed by atoms with Crippen molar-refractivity contribution in [3.63, 3.8) is 0 Å². The van der Waals surface area contributed by atoms with Crippen LogP contribution in [0.1, 0.15) is 17.5 Å². The van der Waals surface area contributed by atoms with Gasteiger partial charge in [0, 0.05) is 19.5 Å². The summed E-state index contributed by atoms with van der Waals surface area (Å²) in [5.41, 5.74) is 2.30. The molecule has 1 heterocycles. The monoisotopic (exact) mass is 281 g/mol. The lowest BCUT2D eigenvalue weighted by Crippen LogP contribution is -2.36. The van der Waals surface area contributed by atoms with Crippen molar-refractivity contribution in [1.29, 1.82) is 0 Å². The molecule has 0 radical (unpaired) electrons. The maximum Gasteiger partial charge on any atom is 0.226 e. The number of aryl methyl sites for hydroxylation is 1. The number of hydrogen-bond donors (Lipinski definition) is 0. The summed E-state index contributed by atoms with van der Waals surface area (Å²) in [6, 6.07) is 8.06. The first-order valence-electron chi connectivity index (χ1n) is 6.81. The molecule has 1 aliphatic heterocycles. The van der Waals surface area contributed by atoms with Crippen LogP contribution in [0, 0.1) is 0 Å². The third-order valence-electron chi connectivity index (χ3n) is 3.47. The van der Waals surface area contributed by atoms with Gasteiger partial charge in [-0.1, -0.05) is 24.3 Å². The second-order valence-corrected chi connectivity index (χ2v) is 5.28. The molecule has 0 spiro atoms. The van der Waals surface area contributed by atoms with E-state index >= 15 is 0 Å². The Bertz CT molecular complexity index is 416. The molecule has 4 heteroatoms. The van der Waals surface area contributed by atoms with Crippen LogP contribution in [-0.4, -0.2) is 43.0 Å². The molecule has 0 N–H and O–H groups in total. The van der Waals surface area contributed by atoms with Crippen LogP contribution in [0.25, 0.3) is 0 Å². The zero-order chi connectivity index (χ0) is 13.5. The van der Waals surface area contributed by atoms with Crippen LogP contribution in [0.2, 0.25) is 0 Å². The molecule has 0 unspecified atom stereocenters. The number of carbonyl (C=O) groups excluding carboxylic acids is 1. The third-order valence-corrected chi connectivity index (χ3v) is 3.61. The maximum atomic E-state index is 11.0. The quantitative estimate of drug-likeness (QED) is 0.749. The van der Waals surface area contributed by atoms with E-state index in [0.717, 1.165) is 51.3 Å². The van der Waals surface area contributed by atoms with Gasteiger partial charge in [0.2, 0.25) is 5.24 Å². The van der Waals surface area contributed by atoms with Crippen LogP contribution in [0.3, 0.4) is 0 Å². The van der Waals surface area contributed by atoms with Crippen LogP contribution in [0.4, 0.5) is 0 Å². The Labute approximate surface area is 119 Å². The first-order chi connectivity index (χ1) is 9.25. The number of ether oxygens (including phenoxy) is 1. The molecule has 0 saturated carbocycles. The second-order valence-electron chi connectivity index (χ2n) is 4.86. The van der Waals surface area contributed by atoms with Crippen molar-refractivity contribution < 1.29 is 9.53 Å². The van der Waals surface area contributed by atoms with Gasteiger partial charge in [-0.15, -0.1) is 0 Å². The summed E-state index contributed by atoms with van der Waals surface area (Å²) in [6.07, 6.45) is 2.43. The summed E-state index contributed by atoms with van der Waals surface area (Å²) in [7, 11) is 0. The number of benzene rings is 1. The minimum atomic E-state index is -0.291. The Morgan fingerprint density at radius 2 is 1.89 bits per heavy atom. The molecule has 19 heavy (non-hydrogen) atoms. The fourth-order valence-electron chi connectivity index (χ4n) is 2.44. The lowest BCUT2D eigenvalue weighted by molar-refractivity contribution is -0.111. The van der Waals surface area contributed by atoms with Crippen molar-refractivity contribution in [1.82, 2.24) is 4.90 Å². The van der Waals surface area contributed by atoms with Crippen LogP contribution < -0.4 is 0 Å². The Morgan fingerprint density at radius 1 is 1.21 bits per heavy atom. The van der Waals surface area contributed by atoms with Gasteiger partial charge in [0.15, 0.2) is 0 Å². The fourth-order valence-corrected chi connectivity index (χ4v) is 2.59. The van der Waals surface area contributed by atoms with Crippen molar-refractivity contribution in [2.75, 3.05) is 32.8 Å². The lowest BCUT2D eigenvalue weighted by atomic mass is 10.0. The van der Waals surface area contributed by atoms with Gasteiger partial charge >= 0.3 is 0 Å². The van der Waals surface area contributed by atoms with Crippen molar-refractivity contribution >= 4 is 16.8 Å². The van der Waals surface area contributed by atoms with Crippen LogP contribution in [0.15, 0.2) is 24.3 Å². The topological polar surface area (TPSA) is 29.5 Å². The summed E-state index contributed by atoms with van der Waals surface area (Å²) in [5.74, 6) is 0. The van der Waals surface area contributed by atoms with Gasteiger partial charge in [0.05, 0.1) is 13.2 Å². The molecule has 0 aliphatic carbocycles. The van der Waals surface area contributed by atoms with E-state index in [1.807, 2.05) is 18.2 Å². The summed E-state index contributed by atoms with van der Waals surface area (Å²) in [4.78, 5) is 13.5. The van der Waals surface area contributed by atoms with Gasteiger partial charge in [-0.05, 0) is 42.1 Å². The minimum Gasteiger partial charge on any atom is -0.379 e. The molecule has 3 nitrogen and oxygen atoms in total. The highest BCUT2D eigenvalue weighted by Gasteiger charge is 2.10. The van der Waals surface area contributed by atoms with E-state index in [9.17, 15) is 4.79 Å². The van der Waals surface area contributed by atoms with Gasteiger partial charge in [-0.2, -0.15) is 0 Å². The summed E-state index contributed by atoms with van der Waals surface area (Å²) in [6.45, 7) is 4.84. The molecular formula is C15H20ClNO2. The average molecular weight is 282 g/mol. The predicted octanol–water partition coefficient (Wildman–Crippen LogP) is 2.26. The van der Waals surface area contributed by atoms with Crippen molar-refractivity contribution in [3.8, 4) is 0 Å². The molecule has 1 saturated heterocycles. The SMILES string of the molecule is O=C(Cl)Cc1ccccc1CCCN1CCOCC1. The molecule has 0 atom stereocenters. The first-order valence-corrected chi connectivity index (χ1v) is 7.19. The van der Waals surface area contributed by atoms with E-state index in [2.05, 4.69) is 11.0 Å². The number of nitrogens with zero attached hydrogens (tertiary/aromatic N) is 1. The maximum absolute atomic E-state index is 11.0. The standard InChI is InChI=1S/C15H20ClNO2/c16-15(18)12-14-5-2-1-4-13(14)6-3-7-17-8-10-19-11-9-17/h1-2,4-5H,3,6-12H2. The molecule has 1 aliphatic rings. The van der Waals surface area contributed by atoms with Gasteiger partial charge in [0.25, 0.3) is 0 Å². The third kappa shape index (κ3) is 4.94. The Morgan fingerprint density at radius 3 is 2.58 bits per heavy atom. The second kappa shape index (κ2) is 7.63. The number of halogens is 1. The highest BCUT2D eigenvalue weighted by atomic mass is 35.5. The van der Waals surface area contributed by atoms with E-state index in [1.165, 1.54) is 5.56 Å². The molecule has 1 aromatic rings. The van der Waals surface area contributed by atoms with Crippen LogP contribution in [0.5, 0.6) is 0 Å². The minimum absolute atomic E-state index is 0.291.